The highest BCUT2D eigenvalue weighted by molar-refractivity contribution is 6.14. The molecule has 216 valence electrons. The smallest absolute Gasteiger partial charge is 0.264 e. The summed E-state index contributed by atoms with van der Waals surface area (Å²) in [5.41, 5.74) is 17.3. The number of fused-ring (bicyclic) bond motifs is 2. The van der Waals surface area contributed by atoms with E-state index in [9.17, 15) is 14.0 Å². The Morgan fingerprint density at radius 2 is 1.70 bits per heavy atom. The summed E-state index contributed by atoms with van der Waals surface area (Å²) in [6, 6.07) is 30.1. The number of nitrogens with one attached hydrogen (secondary N) is 1. The van der Waals surface area contributed by atoms with Crippen LogP contribution in [-0.2, 0) is 6.42 Å². The average molecular weight is 594 g/mol. The first kappa shape index (κ1) is 29.4. The zero-order chi connectivity index (χ0) is 29.4. The fraction of sp³-hybridized carbons (Fsp3) is 0.0882. The van der Waals surface area contributed by atoms with E-state index in [2.05, 4.69) is 10.4 Å². The molecule has 0 saturated heterocycles. The summed E-state index contributed by atoms with van der Waals surface area (Å²) >= 11 is 0. The van der Waals surface area contributed by atoms with E-state index in [4.69, 9.17) is 11.5 Å². The van der Waals surface area contributed by atoms with E-state index in [1.54, 1.807) is 25.1 Å². The number of halogens is 2. The van der Waals surface area contributed by atoms with Crippen molar-refractivity contribution in [2.45, 2.75) is 19.4 Å². The number of nitrogens with two attached hydrogens (primary N) is 2. The van der Waals surface area contributed by atoms with Crippen molar-refractivity contribution in [2.75, 3.05) is 11.1 Å². The fourth-order valence-corrected chi connectivity index (χ4v) is 5.29. The van der Waals surface area contributed by atoms with Gasteiger partial charge >= 0.3 is 0 Å². The number of aryl methyl sites for hydroxylation is 1. The minimum atomic E-state index is -0.789. The third-order valence-electron chi connectivity index (χ3n) is 7.41. The molecule has 5 aromatic carbocycles. The van der Waals surface area contributed by atoms with Gasteiger partial charge in [0.1, 0.15) is 5.82 Å². The van der Waals surface area contributed by atoms with E-state index in [-0.39, 0.29) is 35.9 Å². The topological polar surface area (TPSA) is 116 Å². The molecule has 6 rings (SSSR count). The number of amides is 1. The van der Waals surface area contributed by atoms with Crippen LogP contribution < -0.4 is 16.8 Å². The van der Waals surface area contributed by atoms with Crippen LogP contribution in [0.1, 0.15) is 26.3 Å². The number of aromatic nitrogens is 2. The van der Waals surface area contributed by atoms with Crippen molar-refractivity contribution in [1.82, 2.24) is 9.78 Å². The Kier molecular flexibility index (Phi) is 8.25. The molecule has 0 aliphatic carbocycles. The maximum absolute atomic E-state index is 13.7. The molecule has 43 heavy (non-hydrogen) atoms. The van der Waals surface area contributed by atoms with Gasteiger partial charge in [-0.25, -0.2) is 4.39 Å². The van der Waals surface area contributed by atoms with E-state index in [1.807, 2.05) is 72.8 Å². The molecule has 1 amide bonds. The maximum Gasteiger partial charge on any atom is 0.264 e. The Hall–Kier alpha value is -5.05. The third kappa shape index (κ3) is 5.70. The number of carbonyl (C=O) groups excluding carboxylic acids is 2. The van der Waals surface area contributed by atoms with Crippen LogP contribution in [0.3, 0.4) is 0 Å². The zero-order valence-corrected chi connectivity index (χ0v) is 24.1. The minimum Gasteiger partial charge on any atom is -0.382 e. The van der Waals surface area contributed by atoms with Crippen LogP contribution >= 0.6 is 12.4 Å². The molecule has 0 spiro atoms. The second-order valence-corrected chi connectivity index (χ2v) is 10.3. The lowest BCUT2D eigenvalue weighted by Crippen LogP contribution is -2.37. The molecular weight excluding hydrogens is 565 g/mol. The summed E-state index contributed by atoms with van der Waals surface area (Å²) in [7, 11) is 0. The molecule has 0 radical (unpaired) electrons. The van der Waals surface area contributed by atoms with Crippen molar-refractivity contribution in [1.29, 1.82) is 0 Å². The SMILES string of the molecule is Cc1cc(NC(=O)c2cccc3cc(-c4cccc5c4c(N)nn5C(=O)[C@H](N)Cc4ccccc4)ccc23)ccc1F.Cl. The highest BCUT2D eigenvalue weighted by Gasteiger charge is 2.23. The first-order valence-electron chi connectivity index (χ1n) is 13.5. The maximum atomic E-state index is 13.7. The van der Waals surface area contributed by atoms with Gasteiger partial charge in [-0.1, -0.05) is 66.7 Å². The summed E-state index contributed by atoms with van der Waals surface area (Å²) in [5, 5.41) is 9.49. The van der Waals surface area contributed by atoms with Crippen LogP contribution in [0.15, 0.2) is 103 Å². The van der Waals surface area contributed by atoms with Crippen LogP contribution in [0.4, 0.5) is 15.9 Å². The lowest BCUT2D eigenvalue weighted by molar-refractivity contribution is 0.0868. The quantitative estimate of drug-likeness (QED) is 0.197. The van der Waals surface area contributed by atoms with E-state index in [1.165, 1.54) is 16.8 Å². The molecular formula is C34H29ClFN5O2. The van der Waals surface area contributed by atoms with Crippen molar-refractivity contribution < 1.29 is 14.0 Å². The largest absolute Gasteiger partial charge is 0.382 e. The van der Waals surface area contributed by atoms with Crippen LogP contribution in [0.2, 0.25) is 0 Å². The van der Waals surface area contributed by atoms with Gasteiger partial charge < -0.3 is 16.8 Å². The number of rotatable bonds is 6. The molecule has 1 heterocycles. The fourth-order valence-electron chi connectivity index (χ4n) is 5.29. The predicted molar refractivity (Wildman–Crippen MR) is 172 cm³/mol. The molecule has 1 aromatic heterocycles. The van der Waals surface area contributed by atoms with E-state index in [0.717, 1.165) is 27.5 Å². The second-order valence-electron chi connectivity index (χ2n) is 10.3. The molecule has 1 atom stereocenters. The van der Waals surface area contributed by atoms with E-state index < -0.39 is 6.04 Å². The number of benzene rings is 5. The van der Waals surface area contributed by atoms with Gasteiger partial charge in [-0.15, -0.1) is 17.5 Å². The van der Waals surface area contributed by atoms with Gasteiger partial charge in [0.2, 0.25) is 0 Å². The summed E-state index contributed by atoms with van der Waals surface area (Å²) < 4.78 is 15.0. The number of nitrogen functional groups attached to an aromatic ring is 1. The molecule has 9 heteroatoms. The van der Waals surface area contributed by atoms with E-state index >= 15 is 0 Å². The van der Waals surface area contributed by atoms with Crippen molar-refractivity contribution in [3.63, 3.8) is 0 Å². The Bertz CT molecular complexity index is 1990. The summed E-state index contributed by atoms with van der Waals surface area (Å²) in [4.78, 5) is 26.5. The Balaban J connectivity index is 0.00000368. The van der Waals surface area contributed by atoms with Crippen LogP contribution in [0, 0.1) is 12.7 Å². The van der Waals surface area contributed by atoms with Crippen molar-refractivity contribution in [3.05, 3.63) is 126 Å². The van der Waals surface area contributed by atoms with Gasteiger partial charge in [0, 0.05) is 11.3 Å². The lowest BCUT2D eigenvalue weighted by atomic mass is 9.96. The number of hydrogen-bond acceptors (Lipinski definition) is 5. The molecule has 6 aromatic rings. The molecule has 0 bridgehead atoms. The Labute approximate surface area is 253 Å². The number of nitrogens with zero attached hydrogens (tertiary/aromatic N) is 2. The molecule has 0 unspecified atom stereocenters. The third-order valence-corrected chi connectivity index (χ3v) is 7.41. The molecule has 0 aliphatic rings. The number of anilines is 2. The molecule has 0 aliphatic heterocycles. The summed E-state index contributed by atoms with van der Waals surface area (Å²) in [6.07, 6.45) is 0.377. The highest BCUT2D eigenvalue weighted by Crippen LogP contribution is 2.35. The average Bonchev–Trinajstić information content (AvgIpc) is 3.34. The van der Waals surface area contributed by atoms with Gasteiger partial charge in [-0.3, -0.25) is 9.59 Å². The van der Waals surface area contributed by atoms with Gasteiger partial charge in [0.25, 0.3) is 11.8 Å². The van der Waals surface area contributed by atoms with Gasteiger partial charge in [0.05, 0.1) is 16.9 Å². The first-order chi connectivity index (χ1) is 20.3. The Morgan fingerprint density at radius 1 is 0.930 bits per heavy atom. The Morgan fingerprint density at radius 3 is 2.47 bits per heavy atom. The van der Waals surface area contributed by atoms with E-state index in [0.29, 0.717) is 34.1 Å². The molecule has 0 saturated carbocycles. The van der Waals surface area contributed by atoms with Gasteiger partial charge in [0.15, 0.2) is 5.82 Å². The van der Waals surface area contributed by atoms with Crippen LogP contribution in [0.5, 0.6) is 0 Å². The van der Waals surface area contributed by atoms with Crippen LogP contribution in [-0.4, -0.2) is 27.6 Å². The molecule has 7 nitrogen and oxygen atoms in total. The first-order valence-corrected chi connectivity index (χ1v) is 13.5. The normalized spacial score (nSPS) is 11.7. The minimum absolute atomic E-state index is 0. The number of hydrogen-bond donors (Lipinski definition) is 3. The summed E-state index contributed by atoms with van der Waals surface area (Å²) in [5.74, 6) is -0.740. The zero-order valence-electron chi connectivity index (χ0n) is 23.3. The summed E-state index contributed by atoms with van der Waals surface area (Å²) in [6.45, 7) is 1.65. The molecule has 5 N–H and O–H groups in total. The van der Waals surface area contributed by atoms with Crippen molar-refractivity contribution >= 4 is 57.4 Å². The van der Waals surface area contributed by atoms with Gasteiger partial charge in [-0.05, 0) is 82.8 Å². The monoisotopic (exact) mass is 593 g/mol. The van der Waals surface area contributed by atoms with Crippen LogP contribution in [0.25, 0.3) is 32.8 Å². The predicted octanol–water partition coefficient (Wildman–Crippen LogP) is 6.77. The number of carbonyl (C=O) groups is 2. The van der Waals surface area contributed by atoms with Crippen molar-refractivity contribution in [2.24, 2.45) is 5.73 Å². The van der Waals surface area contributed by atoms with Crippen molar-refractivity contribution in [3.8, 4) is 11.1 Å². The van der Waals surface area contributed by atoms with Gasteiger partial charge in [-0.2, -0.15) is 4.68 Å². The lowest BCUT2D eigenvalue weighted by Gasteiger charge is -2.12. The second kappa shape index (κ2) is 12.1. The highest BCUT2D eigenvalue weighted by atomic mass is 35.5. The standard InChI is InChI=1S/C34H28FN5O2.ClH/c1-20-17-24(14-16-28(20)35)38-33(41)27-11-5-9-22-19-23(13-15-25(22)27)26-10-6-12-30-31(26)32(37)39-40(30)34(42)29(36)18-21-7-3-2-4-8-21;/h2-17,19,29H,18,36H2,1H3,(H2,37,39)(H,38,41);1H/t29-;/m1./s1. The molecule has 0 fully saturated rings.